The maximum absolute atomic E-state index is 6.25. The van der Waals surface area contributed by atoms with Crippen molar-refractivity contribution in [2.45, 2.75) is 0 Å². The molecule has 0 fully saturated rings. The minimum Gasteiger partial charge on any atom is -0.512 e. The van der Waals surface area contributed by atoms with Crippen molar-refractivity contribution in [3.63, 3.8) is 0 Å². The van der Waals surface area contributed by atoms with Crippen LogP contribution in [-0.2, 0) is 39.9 Å². The molecule has 0 heterocycles. The molecule has 0 atom stereocenters. The summed E-state index contributed by atoms with van der Waals surface area (Å²) >= 11 is 0. The van der Waals surface area contributed by atoms with Gasteiger partial charge in [0.2, 0.25) is 0 Å². The van der Waals surface area contributed by atoms with Crippen LogP contribution in [0.4, 0.5) is 0 Å². The van der Waals surface area contributed by atoms with Crippen LogP contribution in [0.15, 0.2) is 364 Å². The smallest absolute Gasteiger partial charge is 0.102 e. The van der Waals surface area contributed by atoms with Gasteiger partial charge in [0.25, 0.3) is 0 Å². The average Bonchev–Trinajstić information content (AvgIpc) is 3.54. The topological polar surface area (TPSA) is 23.8 Å². The Balaban J connectivity index is 0.000000169. The molecule has 0 spiro atoms. The van der Waals surface area contributed by atoms with Crippen LogP contribution in [0.1, 0.15) is 0 Å². The van der Waals surface area contributed by atoms with Gasteiger partial charge in [0, 0.05) is 39.9 Å². The molecule has 80 heavy (non-hydrogen) atoms. The second kappa shape index (κ2) is 35.7. The Kier molecular flexibility index (Phi) is 27.8. The Bertz CT molecular complexity index is 2640. The maximum Gasteiger partial charge on any atom is 0.102 e. The normalized spacial score (nSPS) is 10.1. The van der Waals surface area contributed by atoms with Crippen molar-refractivity contribution in [2.24, 2.45) is 0 Å². The van der Waals surface area contributed by atoms with E-state index >= 15 is 0 Å². The minimum absolute atomic E-state index is 0. The number of nitrogens with zero attached hydrogens (tertiary/aromatic N) is 1. The largest absolute Gasteiger partial charge is 0.512 e. The summed E-state index contributed by atoms with van der Waals surface area (Å²) in [7, 11) is -3.51. The van der Waals surface area contributed by atoms with Gasteiger partial charge in [-0.3, -0.25) is 0 Å². The zero-order valence-corrected chi connectivity index (χ0v) is 53.1. The van der Waals surface area contributed by atoms with E-state index < -0.39 is 31.7 Å². The van der Waals surface area contributed by atoms with Crippen LogP contribution in [0, 0.1) is 11.8 Å². The van der Waals surface area contributed by atoms with Crippen molar-refractivity contribution < 1.29 is 39.9 Å². The predicted octanol–water partition coefficient (Wildman–Crippen LogP) is 12.8. The molecule has 0 bridgehead atoms. The predicted molar refractivity (Wildman–Crippen MR) is 351 cm³/mol. The van der Waals surface area contributed by atoms with Crippen LogP contribution in [-0.4, -0.2) is 0 Å². The molecule has 0 radical (unpaired) electrons. The summed E-state index contributed by atoms with van der Waals surface area (Å²) < 4.78 is 0. The van der Waals surface area contributed by atoms with E-state index in [2.05, 4.69) is 364 Å². The number of rotatable bonds is 12. The third kappa shape index (κ3) is 18.6. The molecule has 0 aliphatic heterocycles. The van der Waals surface area contributed by atoms with Crippen LogP contribution in [0.3, 0.4) is 0 Å². The van der Waals surface area contributed by atoms with Crippen LogP contribution in [0.2, 0.25) is 0 Å². The van der Waals surface area contributed by atoms with Crippen LogP contribution in [0.5, 0.6) is 0 Å². The molecule has 1 nitrogen and oxygen atoms in total. The summed E-state index contributed by atoms with van der Waals surface area (Å²) in [4.78, 5) is 0. The van der Waals surface area contributed by atoms with Crippen molar-refractivity contribution in [1.29, 1.82) is 5.26 Å². The molecule has 12 aromatic rings. The first-order chi connectivity index (χ1) is 38.8. The monoisotopic (exact) mass is 1250 g/mol. The molecular formula is C73H64NP4PdZn+3. The molecule has 0 unspecified atom stereocenters. The number of benzene rings is 12. The third-order valence-electron chi connectivity index (χ3n) is 12.7. The van der Waals surface area contributed by atoms with Gasteiger partial charge in [-0.05, 0) is 146 Å². The molecule has 12 aromatic carbocycles. The van der Waals surface area contributed by atoms with Crippen LogP contribution >= 0.6 is 31.7 Å². The Morgan fingerprint density at radius 1 is 0.150 bits per heavy atom. The van der Waals surface area contributed by atoms with Gasteiger partial charge < -0.3 is 11.8 Å². The average molecular weight is 1250 g/mol. The molecule has 0 amide bonds. The number of hydrogen-bond acceptors (Lipinski definition) is 1. The van der Waals surface area contributed by atoms with Gasteiger partial charge in [0.05, 0.1) is 31.7 Å². The van der Waals surface area contributed by atoms with Gasteiger partial charge in [-0.15, -0.1) is 0 Å². The molecule has 0 aliphatic carbocycles. The molecule has 0 N–H and O–H groups in total. The summed E-state index contributed by atoms with van der Waals surface area (Å²) in [5.74, 6) is 0. The van der Waals surface area contributed by atoms with E-state index in [1.807, 2.05) is 0 Å². The van der Waals surface area contributed by atoms with Crippen molar-refractivity contribution in [2.75, 3.05) is 0 Å². The zero-order valence-electron chi connectivity index (χ0n) is 44.6. The first kappa shape index (κ1) is 62.3. The Morgan fingerprint density at radius 2 is 0.212 bits per heavy atom. The van der Waals surface area contributed by atoms with E-state index in [0.717, 1.165) is 0 Å². The van der Waals surface area contributed by atoms with Gasteiger partial charge in [-0.25, -0.2) is 0 Å². The first-order valence-electron chi connectivity index (χ1n) is 26.2. The van der Waals surface area contributed by atoms with E-state index in [-0.39, 0.29) is 39.9 Å². The SMILES string of the molecule is [C-]#N.[Pd].[Zn].c1ccc([PH+](c2ccccc2)c2ccccc2)cc1.c1ccc([PH+](c2ccccc2)c2ccccc2)cc1.c1ccc([PH+](c2ccccc2)c2ccccc2)cc1.c1ccc([PH+](c2ccccc2)c2ccccc2)cc1. The molecule has 7 heteroatoms. The molecule has 0 aromatic heterocycles. The standard InChI is InChI=1S/4C18H15P.CN.Pd.Zn/c4*1-4-10-16(11-5-1)19(17-12-6-2-7-13-17)18-14-8-3-9-15-18;1-2;;/h4*1-15H;;;/q;;;;-1;;/p+4. The van der Waals surface area contributed by atoms with Crippen molar-refractivity contribution in [3.8, 4) is 0 Å². The van der Waals surface area contributed by atoms with Gasteiger partial charge in [-0.2, -0.15) is 0 Å². The first-order valence-corrected chi connectivity index (χ1v) is 32.2. The molecule has 0 aliphatic rings. The Hall–Kier alpha value is -6.86. The maximum atomic E-state index is 6.25. The Labute approximate surface area is 507 Å². The quantitative estimate of drug-likeness (QED) is 0.0679. The summed E-state index contributed by atoms with van der Waals surface area (Å²) in [6, 6.07) is 130. The van der Waals surface area contributed by atoms with Gasteiger partial charge in [0.1, 0.15) is 63.7 Å². The minimum atomic E-state index is -0.877. The van der Waals surface area contributed by atoms with E-state index in [1.54, 1.807) is 0 Å². The molecule has 0 saturated carbocycles. The van der Waals surface area contributed by atoms with Crippen molar-refractivity contribution >= 4 is 95.3 Å². The summed E-state index contributed by atoms with van der Waals surface area (Å²) in [6.45, 7) is 4.75. The van der Waals surface area contributed by atoms with Crippen LogP contribution < -0.4 is 63.7 Å². The molecule has 12 rings (SSSR count). The van der Waals surface area contributed by atoms with E-state index in [4.69, 9.17) is 11.8 Å². The van der Waals surface area contributed by atoms with Gasteiger partial charge in [-0.1, -0.05) is 218 Å². The van der Waals surface area contributed by atoms with Gasteiger partial charge >= 0.3 is 0 Å². The van der Waals surface area contributed by atoms with E-state index in [0.29, 0.717) is 0 Å². The van der Waals surface area contributed by atoms with E-state index in [1.165, 1.54) is 63.7 Å². The summed E-state index contributed by atoms with van der Waals surface area (Å²) in [6.07, 6.45) is 0. The molecule has 390 valence electrons. The summed E-state index contributed by atoms with van der Waals surface area (Å²) in [5, 5.41) is 23.5. The molecular weight excluding hydrogens is 1190 g/mol. The van der Waals surface area contributed by atoms with Crippen molar-refractivity contribution in [1.82, 2.24) is 0 Å². The second-order valence-electron chi connectivity index (χ2n) is 17.9. The fourth-order valence-electron chi connectivity index (χ4n) is 9.26. The third-order valence-corrected chi connectivity index (χ3v) is 23.7. The fourth-order valence-corrected chi connectivity index (χ4v) is 19.6. The fraction of sp³-hybridized carbons (Fsp3) is 0. The zero-order chi connectivity index (χ0) is 53.7. The number of hydrogen-bond donors (Lipinski definition) is 0. The van der Waals surface area contributed by atoms with Crippen LogP contribution in [0.25, 0.3) is 0 Å². The molecule has 0 saturated heterocycles. The van der Waals surface area contributed by atoms with E-state index in [9.17, 15) is 0 Å². The second-order valence-corrected chi connectivity index (χ2v) is 27.8. The van der Waals surface area contributed by atoms with Crippen molar-refractivity contribution in [3.05, 3.63) is 371 Å². The summed E-state index contributed by atoms with van der Waals surface area (Å²) in [5.41, 5.74) is 0. The Morgan fingerprint density at radius 3 is 0.275 bits per heavy atom. The van der Waals surface area contributed by atoms with Gasteiger partial charge in [0.15, 0.2) is 0 Å².